The number of hydrogen-bond acceptors (Lipinski definition) is 5. The zero-order chi connectivity index (χ0) is 17.8. The van der Waals surface area contributed by atoms with Crippen LogP contribution in [0.1, 0.15) is 36.0 Å². The predicted molar refractivity (Wildman–Crippen MR) is 88.0 cm³/mol. The van der Waals surface area contributed by atoms with E-state index >= 15 is 0 Å². The van der Waals surface area contributed by atoms with Crippen LogP contribution in [0.4, 0.5) is 10.5 Å². The molecule has 0 atom stereocenters. The number of carbonyl (C=O) groups is 4. The minimum Gasteiger partial charge on any atom is -0.452 e. The molecular formula is C17H19N3O5. The van der Waals surface area contributed by atoms with Gasteiger partial charge in [-0.15, -0.1) is 0 Å². The Bertz CT molecular complexity index is 697. The lowest BCUT2D eigenvalue weighted by Gasteiger charge is -2.15. The number of hydrogen-bond donors (Lipinski definition) is 2. The second-order valence-corrected chi connectivity index (χ2v) is 6.07. The van der Waals surface area contributed by atoms with Gasteiger partial charge in [-0.1, -0.05) is 0 Å². The first kappa shape index (κ1) is 16.9. The van der Waals surface area contributed by atoms with Gasteiger partial charge < -0.3 is 15.0 Å². The Morgan fingerprint density at radius 2 is 1.88 bits per heavy atom. The van der Waals surface area contributed by atoms with Crippen LogP contribution < -0.4 is 15.5 Å². The second-order valence-electron chi connectivity index (χ2n) is 6.07. The standard InChI is InChI=1S/C17H19N3O5/c21-14(19-17(24)18-12-5-6-12)10-25-16(23)11-3-7-13(8-4-11)20-9-1-2-15(20)22/h3-4,7-8,12H,1-2,5-6,9-10H2,(H2,18,19,21,24). The third kappa shape index (κ3) is 4.56. The molecular weight excluding hydrogens is 326 g/mol. The molecule has 0 spiro atoms. The highest BCUT2D eigenvalue weighted by atomic mass is 16.5. The highest BCUT2D eigenvalue weighted by Gasteiger charge is 2.24. The lowest BCUT2D eigenvalue weighted by molar-refractivity contribution is -0.123. The molecule has 2 fully saturated rings. The van der Waals surface area contributed by atoms with Crippen molar-refractivity contribution in [3.63, 3.8) is 0 Å². The smallest absolute Gasteiger partial charge is 0.338 e. The minimum atomic E-state index is -0.689. The van der Waals surface area contributed by atoms with Gasteiger partial charge in [-0.2, -0.15) is 0 Å². The van der Waals surface area contributed by atoms with Gasteiger partial charge in [0.25, 0.3) is 5.91 Å². The SMILES string of the molecule is O=C(COC(=O)c1ccc(N2CCCC2=O)cc1)NC(=O)NC1CC1. The van der Waals surface area contributed by atoms with Gasteiger partial charge in [0.15, 0.2) is 6.61 Å². The lowest BCUT2D eigenvalue weighted by Crippen LogP contribution is -2.42. The van der Waals surface area contributed by atoms with E-state index in [4.69, 9.17) is 4.74 Å². The molecule has 1 aliphatic heterocycles. The van der Waals surface area contributed by atoms with Crippen molar-refractivity contribution in [1.29, 1.82) is 0 Å². The summed E-state index contributed by atoms with van der Waals surface area (Å²) in [5.41, 5.74) is 0.999. The maximum Gasteiger partial charge on any atom is 0.338 e. The zero-order valence-corrected chi connectivity index (χ0v) is 13.6. The molecule has 3 rings (SSSR count). The largest absolute Gasteiger partial charge is 0.452 e. The van der Waals surface area contributed by atoms with Crippen LogP contribution in [-0.2, 0) is 14.3 Å². The van der Waals surface area contributed by atoms with Crippen LogP contribution in [0.15, 0.2) is 24.3 Å². The van der Waals surface area contributed by atoms with Gasteiger partial charge in [0.05, 0.1) is 5.56 Å². The number of imide groups is 1. The maximum absolute atomic E-state index is 11.9. The average molecular weight is 345 g/mol. The van der Waals surface area contributed by atoms with E-state index in [-0.39, 0.29) is 17.5 Å². The number of nitrogens with one attached hydrogen (secondary N) is 2. The summed E-state index contributed by atoms with van der Waals surface area (Å²) in [6.07, 6.45) is 3.19. The van der Waals surface area contributed by atoms with E-state index in [0.717, 1.165) is 24.9 Å². The van der Waals surface area contributed by atoms with Gasteiger partial charge in [-0.3, -0.25) is 14.9 Å². The summed E-state index contributed by atoms with van der Waals surface area (Å²) in [4.78, 5) is 48.2. The van der Waals surface area contributed by atoms with E-state index in [1.165, 1.54) is 0 Å². The average Bonchev–Trinajstić information content (AvgIpc) is 3.30. The van der Waals surface area contributed by atoms with Gasteiger partial charge in [0, 0.05) is 24.7 Å². The van der Waals surface area contributed by atoms with Crippen LogP contribution in [0, 0.1) is 0 Å². The fourth-order valence-corrected chi connectivity index (χ4v) is 2.52. The Hall–Kier alpha value is -2.90. The van der Waals surface area contributed by atoms with Crippen molar-refractivity contribution < 1.29 is 23.9 Å². The van der Waals surface area contributed by atoms with E-state index in [2.05, 4.69) is 10.6 Å². The summed E-state index contributed by atoms with van der Waals surface area (Å²) >= 11 is 0. The molecule has 1 aromatic carbocycles. The molecule has 25 heavy (non-hydrogen) atoms. The molecule has 1 heterocycles. The van der Waals surface area contributed by atoms with Crippen LogP contribution in [0.3, 0.4) is 0 Å². The quantitative estimate of drug-likeness (QED) is 0.774. The minimum absolute atomic E-state index is 0.0662. The Labute approximate surface area is 144 Å². The highest BCUT2D eigenvalue weighted by Crippen LogP contribution is 2.21. The van der Waals surface area contributed by atoms with Gasteiger partial charge in [-0.25, -0.2) is 9.59 Å². The van der Waals surface area contributed by atoms with Gasteiger partial charge in [0.1, 0.15) is 0 Å². The molecule has 4 amide bonds. The van der Waals surface area contributed by atoms with E-state index in [1.807, 2.05) is 0 Å². The topological polar surface area (TPSA) is 105 Å². The number of benzene rings is 1. The van der Waals surface area contributed by atoms with Crippen molar-refractivity contribution in [2.45, 2.75) is 31.7 Å². The number of carbonyl (C=O) groups excluding carboxylic acids is 4. The van der Waals surface area contributed by atoms with E-state index < -0.39 is 24.5 Å². The number of esters is 1. The summed E-state index contributed by atoms with van der Waals surface area (Å²) in [5.74, 6) is -1.29. The van der Waals surface area contributed by atoms with Crippen molar-refractivity contribution >= 4 is 29.5 Å². The van der Waals surface area contributed by atoms with E-state index in [0.29, 0.717) is 13.0 Å². The van der Waals surface area contributed by atoms with Crippen molar-refractivity contribution in [2.24, 2.45) is 0 Å². The van der Waals surface area contributed by atoms with E-state index in [9.17, 15) is 19.2 Å². The second kappa shape index (κ2) is 7.33. The first-order chi connectivity index (χ1) is 12.0. The van der Waals surface area contributed by atoms with Crippen LogP contribution in [-0.4, -0.2) is 43.0 Å². The van der Waals surface area contributed by atoms with Crippen LogP contribution in [0.5, 0.6) is 0 Å². The van der Waals surface area contributed by atoms with Crippen molar-refractivity contribution in [1.82, 2.24) is 10.6 Å². The summed E-state index contributed by atoms with van der Waals surface area (Å²) < 4.78 is 4.89. The molecule has 1 saturated heterocycles. The zero-order valence-electron chi connectivity index (χ0n) is 13.6. The third-order valence-electron chi connectivity index (χ3n) is 3.99. The highest BCUT2D eigenvalue weighted by molar-refractivity contribution is 5.98. The molecule has 0 bridgehead atoms. The van der Waals surface area contributed by atoms with Crippen molar-refractivity contribution in [3.05, 3.63) is 29.8 Å². The number of rotatable bonds is 5. The molecule has 0 unspecified atom stereocenters. The summed E-state index contributed by atoms with van der Waals surface area (Å²) in [7, 11) is 0. The van der Waals surface area contributed by atoms with Gasteiger partial charge in [0.2, 0.25) is 5.91 Å². The van der Waals surface area contributed by atoms with Crippen molar-refractivity contribution in [3.8, 4) is 0 Å². The molecule has 0 radical (unpaired) electrons. The summed E-state index contributed by atoms with van der Waals surface area (Å²) in [5, 5.41) is 4.70. The predicted octanol–water partition coefficient (Wildman–Crippen LogP) is 0.958. The molecule has 1 aromatic rings. The van der Waals surface area contributed by atoms with Gasteiger partial charge >= 0.3 is 12.0 Å². The number of ether oxygens (including phenoxy) is 1. The van der Waals surface area contributed by atoms with Gasteiger partial charge in [-0.05, 0) is 43.5 Å². The van der Waals surface area contributed by atoms with E-state index in [1.54, 1.807) is 29.2 Å². The normalized spacial score (nSPS) is 16.5. The van der Waals surface area contributed by atoms with Crippen molar-refractivity contribution in [2.75, 3.05) is 18.1 Å². The van der Waals surface area contributed by atoms with Crippen LogP contribution >= 0.6 is 0 Å². The maximum atomic E-state index is 11.9. The summed E-state index contributed by atoms with van der Waals surface area (Å²) in [6.45, 7) is 0.134. The summed E-state index contributed by atoms with van der Waals surface area (Å²) in [6, 6.07) is 5.98. The van der Waals surface area contributed by atoms with Crippen LogP contribution in [0.2, 0.25) is 0 Å². The molecule has 2 aliphatic rings. The molecule has 8 heteroatoms. The molecule has 8 nitrogen and oxygen atoms in total. The Morgan fingerprint density at radius 3 is 2.48 bits per heavy atom. The Balaban J connectivity index is 1.46. The Morgan fingerprint density at radius 1 is 1.16 bits per heavy atom. The molecule has 1 aliphatic carbocycles. The monoisotopic (exact) mass is 345 g/mol. The number of urea groups is 1. The number of anilines is 1. The fourth-order valence-electron chi connectivity index (χ4n) is 2.52. The molecule has 1 saturated carbocycles. The number of amides is 4. The first-order valence-electron chi connectivity index (χ1n) is 8.21. The fraction of sp³-hybridized carbons (Fsp3) is 0.412. The molecule has 0 aromatic heterocycles. The third-order valence-corrected chi connectivity index (χ3v) is 3.99. The molecule has 132 valence electrons. The lowest BCUT2D eigenvalue weighted by atomic mass is 10.2. The molecule has 2 N–H and O–H groups in total. The first-order valence-corrected chi connectivity index (χ1v) is 8.21. The van der Waals surface area contributed by atoms with Crippen LogP contribution in [0.25, 0.3) is 0 Å². The number of nitrogens with zero attached hydrogens (tertiary/aromatic N) is 1. The Kier molecular flexibility index (Phi) is 4.97.